The summed E-state index contributed by atoms with van der Waals surface area (Å²) in [5.41, 5.74) is 4.72. The van der Waals surface area contributed by atoms with Crippen molar-refractivity contribution in [2.45, 2.75) is 149 Å². The van der Waals surface area contributed by atoms with Crippen LogP contribution in [0.15, 0.2) is 24.3 Å². The first-order valence-electron chi connectivity index (χ1n) is 15.1. The fraction of sp³-hybridized carbons (Fsp3) is 0.781. The Balaban J connectivity index is 4.98. The minimum Gasteiger partial charge on any atom is -0.453 e. The summed E-state index contributed by atoms with van der Waals surface area (Å²) in [4.78, 5) is 37.6. The van der Waals surface area contributed by atoms with Gasteiger partial charge >= 0.3 is 5.97 Å². The molecule has 38 heavy (non-hydrogen) atoms. The van der Waals surface area contributed by atoms with E-state index in [0.29, 0.717) is 6.42 Å². The second kappa shape index (κ2) is 21.9. The number of esters is 1. The molecule has 0 aromatic rings. The number of unbranched alkanes of at least 4 members (excludes halogenated alkanes) is 7. The molecule has 0 fully saturated rings. The van der Waals surface area contributed by atoms with E-state index in [1.165, 1.54) is 19.3 Å². The van der Waals surface area contributed by atoms with Crippen LogP contribution in [0.2, 0.25) is 0 Å². The molecule has 2 unspecified atom stereocenters. The van der Waals surface area contributed by atoms with Crippen LogP contribution in [0.1, 0.15) is 131 Å². The normalized spacial score (nSPS) is 14.6. The summed E-state index contributed by atoms with van der Waals surface area (Å²) < 4.78 is 5.73. The highest BCUT2D eigenvalue weighted by Crippen LogP contribution is 2.24. The molecule has 0 spiro atoms. The average Bonchev–Trinajstić information content (AvgIpc) is 2.86. The fourth-order valence-corrected chi connectivity index (χ4v) is 4.46. The Kier molecular flexibility index (Phi) is 20.8. The van der Waals surface area contributed by atoms with Gasteiger partial charge in [0, 0.05) is 5.92 Å². The molecular formula is C32H58N2O4. The maximum absolute atomic E-state index is 13.0. The van der Waals surface area contributed by atoms with Crippen molar-refractivity contribution in [1.82, 2.24) is 5.32 Å². The van der Waals surface area contributed by atoms with E-state index in [0.717, 1.165) is 70.5 Å². The van der Waals surface area contributed by atoms with Crippen LogP contribution in [0.5, 0.6) is 0 Å². The Morgan fingerprint density at radius 1 is 0.895 bits per heavy atom. The fourth-order valence-electron chi connectivity index (χ4n) is 4.46. The topological polar surface area (TPSA) is 98.5 Å². The predicted molar refractivity (Wildman–Crippen MR) is 159 cm³/mol. The van der Waals surface area contributed by atoms with E-state index in [2.05, 4.69) is 43.5 Å². The highest BCUT2D eigenvalue weighted by atomic mass is 16.5. The highest BCUT2D eigenvalue weighted by molar-refractivity contribution is 5.90. The van der Waals surface area contributed by atoms with Gasteiger partial charge in [0.05, 0.1) is 6.04 Å². The third-order valence-electron chi connectivity index (χ3n) is 6.82. The minimum atomic E-state index is -1.27. The maximum atomic E-state index is 13.0. The van der Waals surface area contributed by atoms with Crippen LogP contribution in [0.25, 0.3) is 0 Å². The molecule has 0 saturated heterocycles. The lowest BCUT2D eigenvalue weighted by Crippen LogP contribution is -2.56. The van der Waals surface area contributed by atoms with Gasteiger partial charge in [0.1, 0.15) is 5.54 Å². The van der Waals surface area contributed by atoms with Crippen LogP contribution >= 0.6 is 0 Å². The number of nitrogens with one attached hydrogen (secondary N) is 1. The second-order valence-corrected chi connectivity index (χ2v) is 11.5. The first-order valence-corrected chi connectivity index (χ1v) is 15.1. The molecule has 1 amide bonds. The zero-order valence-corrected chi connectivity index (χ0v) is 25.3. The second-order valence-electron chi connectivity index (χ2n) is 11.5. The Morgan fingerprint density at radius 2 is 1.50 bits per heavy atom. The SMILES string of the molecule is CCC=CCC=CCCCCCC(CCCCCCC)C(C=O)OC(=O)C(C)(C)NC(=O)[C@@H](N)CC(C)C. The number of hydrogen-bond donors (Lipinski definition) is 2. The molecule has 220 valence electrons. The molecule has 3 N–H and O–H groups in total. The van der Waals surface area contributed by atoms with Crippen molar-refractivity contribution in [3.05, 3.63) is 24.3 Å². The quantitative estimate of drug-likeness (QED) is 0.0625. The maximum Gasteiger partial charge on any atom is 0.331 e. The van der Waals surface area contributed by atoms with Crippen molar-refractivity contribution in [2.75, 3.05) is 0 Å². The van der Waals surface area contributed by atoms with Gasteiger partial charge in [0.25, 0.3) is 0 Å². The van der Waals surface area contributed by atoms with Gasteiger partial charge in [-0.05, 0) is 64.7 Å². The first kappa shape index (κ1) is 36.0. The van der Waals surface area contributed by atoms with Gasteiger partial charge < -0.3 is 15.8 Å². The summed E-state index contributed by atoms with van der Waals surface area (Å²) in [6.07, 6.45) is 23.0. The summed E-state index contributed by atoms with van der Waals surface area (Å²) in [7, 11) is 0. The number of rotatable bonds is 23. The van der Waals surface area contributed by atoms with Crippen molar-refractivity contribution in [3.63, 3.8) is 0 Å². The zero-order valence-electron chi connectivity index (χ0n) is 25.3. The van der Waals surface area contributed by atoms with Gasteiger partial charge in [-0.1, -0.05) is 96.9 Å². The average molecular weight is 535 g/mol. The Hall–Kier alpha value is -1.95. The Bertz CT molecular complexity index is 700. The molecule has 3 atom stereocenters. The molecule has 0 rings (SSSR count). The molecule has 0 aliphatic rings. The van der Waals surface area contributed by atoms with Crippen molar-refractivity contribution >= 4 is 18.2 Å². The van der Waals surface area contributed by atoms with Crippen LogP contribution in [0, 0.1) is 11.8 Å². The zero-order chi connectivity index (χ0) is 28.8. The summed E-state index contributed by atoms with van der Waals surface area (Å²) in [5, 5.41) is 2.72. The third-order valence-corrected chi connectivity index (χ3v) is 6.82. The molecule has 0 bridgehead atoms. The minimum absolute atomic E-state index is 0.0116. The molecule has 6 heteroatoms. The molecular weight excluding hydrogens is 476 g/mol. The molecule has 6 nitrogen and oxygen atoms in total. The smallest absolute Gasteiger partial charge is 0.331 e. The number of hydrogen-bond acceptors (Lipinski definition) is 5. The Labute approximate surface area is 233 Å². The summed E-state index contributed by atoms with van der Waals surface area (Å²) >= 11 is 0. The molecule has 0 aliphatic carbocycles. The van der Waals surface area contributed by atoms with E-state index in [9.17, 15) is 14.4 Å². The van der Waals surface area contributed by atoms with E-state index in [4.69, 9.17) is 10.5 Å². The number of carbonyl (C=O) groups excluding carboxylic acids is 3. The summed E-state index contributed by atoms with van der Waals surface area (Å²) in [6, 6.07) is -0.692. The van der Waals surface area contributed by atoms with Crippen molar-refractivity contribution in [2.24, 2.45) is 17.6 Å². The van der Waals surface area contributed by atoms with E-state index in [-0.39, 0.29) is 17.7 Å². The van der Waals surface area contributed by atoms with Crippen molar-refractivity contribution in [3.8, 4) is 0 Å². The molecule has 0 radical (unpaired) electrons. The van der Waals surface area contributed by atoms with Crippen molar-refractivity contribution < 1.29 is 19.1 Å². The van der Waals surface area contributed by atoms with Gasteiger partial charge in [-0.15, -0.1) is 0 Å². The van der Waals surface area contributed by atoms with Gasteiger partial charge in [-0.2, -0.15) is 0 Å². The van der Waals surface area contributed by atoms with E-state index >= 15 is 0 Å². The number of ether oxygens (including phenoxy) is 1. The van der Waals surface area contributed by atoms with Crippen molar-refractivity contribution in [1.29, 1.82) is 0 Å². The monoisotopic (exact) mass is 534 g/mol. The van der Waals surface area contributed by atoms with Crippen LogP contribution in [-0.4, -0.2) is 35.8 Å². The van der Waals surface area contributed by atoms with E-state index in [1.807, 2.05) is 13.8 Å². The van der Waals surface area contributed by atoms with Crippen LogP contribution < -0.4 is 11.1 Å². The van der Waals surface area contributed by atoms with Gasteiger partial charge in [-0.25, -0.2) is 4.79 Å². The highest BCUT2D eigenvalue weighted by Gasteiger charge is 2.36. The number of allylic oxidation sites excluding steroid dienone is 4. The number of aldehydes is 1. The molecule has 0 heterocycles. The van der Waals surface area contributed by atoms with Gasteiger partial charge in [-0.3, -0.25) is 9.59 Å². The number of carbonyl (C=O) groups is 3. The standard InChI is InChI=1S/C32H58N2O4/c1-7-9-11-13-14-15-16-17-19-21-23-27(22-20-18-12-10-8-2)29(25-35)38-31(37)32(5,6)34-30(36)28(33)24-26(3)4/h9,11,14-15,25-29H,7-8,10,12-13,16-24,33H2,1-6H3,(H,34,36)/t27?,28-,29?/m0/s1. The lowest BCUT2D eigenvalue weighted by Gasteiger charge is -2.30. The number of amides is 1. The van der Waals surface area contributed by atoms with Crippen LogP contribution in [0.3, 0.4) is 0 Å². The predicted octanol–water partition coefficient (Wildman–Crippen LogP) is 7.21. The summed E-state index contributed by atoms with van der Waals surface area (Å²) in [6.45, 7) is 11.5. The number of nitrogens with two attached hydrogens (primary N) is 1. The molecule has 0 aromatic carbocycles. The summed E-state index contributed by atoms with van der Waals surface area (Å²) in [5.74, 6) is -0.728. The van der Waals surface area contributed by atoms with E-state index in [1.54, 1.807) is 13.8 Å². The molecule has 0 saturated carbocycles. The first-order chi connectivity index (χ1) is 18.1. The van der Waals surface area contributed by atoms with Crippen LogP contribution in [0.4, 0.5) is 0 Å². The van der Waals surface area contributed by atoms with E-state index < -0.39 is 23.7 Å². The largest absolute Gasteiger partial charge is 0.453 e. The molecule has 0 aromatic heterocycles. The van der Waals surface area contributed by atoms with Crippen LogP contribution in [-0.2, 0) is 19.1 Å². The van der Waals surface area contributed by atoms with Gasteiger partial charge in [0.15, 0.2) is 12.4 Å². The lowest BCUT2D eigenvalue weighted by atomic mass is 9.89. The third kappa shape index (κ3) is 17.5. The lowest BCUT2D eigenvalue weighted by molar-refractivity contribution is -0.162. The molecule has 0 aliphatic heterocycles. The Morgan fingerprint density at radius 3 is 2.08 bits per heavy atom. The van der Waals surface area contributed by atoms with Gasteiger partial charge in [0.2, 0.25) is 5.91 Å².